The van der Waals surface area contributed by atoms with Crippen molar-refractivity contribution in [1.82, 2.24) is 9.80 Å². The molecule has 35 heavy (non-hydrogen) atoms. The second-order valence-electron chi connectivity index (χ2n) is 8.96. The van der Waals surface area contributed by atoms with Crippen LogP contribution in [0.3, 0.4) is 0 Å². The van der Waals surface area contributed by atoms with Gasteiger partial charge in [0.05, 0.1) is 11.6 Å². The average Bonchev–Trinajstić information content (AvgIpc) is 3.10. The minimum Gasteiger partial charge on any atom is -0.507 e. The molecule has 1 aliphatic rings. The molecule has 5 nitrogen and oxygen atoms in total. The van der Waals surface area contributed by atoms with Crippen molar-refractivity contribution in [3.63, 3.8) is 0 Å². The Hall–Kier alpha value is -3.06. The number of benzene rings is 2. The first-order chi connectivity index (χ1) is 16.9. The third-order valence-corrected chi connectivity index (χ3v) is 6.35. The van der Waals surface area contributed by atoms with E-state index in [0.717, 1.165) is 45.3 Å². The predicted molar refractivity (Wildman–Crippen MR) is 133 cm³/mol. The van der Waals surface area contributed by atoms with Gasteiger partial charge in [-0.15, -0.1) is 0 Å². The molecule has 1 aliphatic heterocycles. The first-order valence-corrected chi connectivity index (χ1v) is 12.4. The van der Waals surface area contributed by atoms with E-state index in [4.69, 9.17) is 0 Å². The first kappa shape index (κ1) is 26.5. The molecule has 1 N–H and O–H groups in total. The van der Waals surface area contributed by atoms with Gasteiger partial charge in [0, 0.05) is 12.1 Å². The van der Waals surface area contributed by atoms with Crippen molar-refractivity contribution in [2.45, 2.75) is 52.0 Å². The van der Waals surface area contributed by atoms with Crippen LogP contribution in [-0.2, 0) is 9.59 Å². The third-order valence-electron chi connectivity index (χ3n) is 6.35. The monoisotopic (exact) mass is 484 g/mol. The summed E-state index contributed by atoms with van der Waals surface area (Å²) >= 11 is 0. The SMILES string of the molecule is CCCCN(CCCC)CCCN1C(=O)C(=O)/C(=C(/O)c2ccc(F)cc2)C1c1cccc(F)c1. The molecule has 1 saturated heterocycles. The molecule has 3 rings (SSSR count). The topological polar surface area (TPSA) is 60.9 Å². The maximum atomic E-state index is 14.1. The van der Waals surface area contributed by atoms with Crippen LogP contribution in [0.25, 0.3) is 5.76 Å². The Balaban J connectivity index is 1.91. The number of aliphatic hydroxyl groups excluding tert-OH is 1. The summed E-state index contributed by atoms with van der Waals surface area (Å²) in [6, 6.07) is 9.83. The molecule has 0 bridgehead atoms. The van der Waals surface area contributed by atoms with Gasteiger partial charge in [-0.25, -0.2) is 8.78 Å². The number of Topliss-reactive ketones (excluding diaryl/α,β-unsaturated/α-hetero) is 1. The molecule has 1 amide bonds. The molecule has 1 unspecified atom stereocenters. The highest BCUT2D eigenvalue weighted by atomic mass is 19.1. The molecular formula is C28H34F2N2O3. The summed E-state index contributed by atoms with van der Waals surface area (Å²) in [4.78, 5) is 29.9. The van der Waals surface area contributed by atoms with Gasteiger partial charge in [-0.05, 0) is 80.9 Å². The Labute approximate surface area is 206 Å². The van der Waals surface area contributed by atoms with E-state index in [-0.39, 0.29) is 11.1 Å². The average molecular weight is 485 g/mol. The zero-order valence-electron chi connectivity index (χ0n) is 20.5. The summed E-state index contributed by atoms with van der Waals surface area (Å²) in [5.41, 5.74) is 0.513. The van der Waals surface area contributed by atoms with Crippen LogP contribution in [0.1, 0.15) is 63.1 Å². The van der Waals surface area contributed by atoms with Gasteiger partial charge < -0.3 is 14.9 Å². The number of aliphatic hydroxyl groups is 1. The van der Waals surface area contributed by atoms with Gasteiger partial charge in [-0.2, -0.15) is 0 Å². The standard InChI is InChI=1S/C28H34F2N2O3/c1-3-5-15-31(16-6-4-2)17-8-18-32-25(21-9-7-10-23(30)19-21)24(27(34)28(32)35)26(33)20-11-13-22(29)14-12-20/h7,9-14,19,25,33H,3-6,8,15-18H2,1-2H3/b26-24+. The highest BCUT2D eigenvalue weighted by molar-refractivity contribution is 6.46. The van der Waals surface area contributed by atoms with Gasteiger partial charge in [0.25, 0.3) is 11.7 Å². The summed E-state index contributed by atoms with van der Waals surface area (Å²) in [6.07, 6.45) is 5.02. The number of nitrogens with zero attached hydrogens (tertiary/aromatic N) is 2. The van der Waals surface area contributed by atoms with Crippen LogP contribution < -0.4 is 0 Å². The zero-order chi connectivity index (χ0) is 25.4. The van der Waals surface area contributed by atoms with E-state index < -0.39 is 35.1 Å². The van der Waals surface area contributed by atoms with Crippen LogP contribution in [0.2, 0.25) is 0 Å². The maximum Gasteiger partial charge on any atom is 0.295 e. The van der Waals surface area contributed by atoms with Crippen molar-refractivity contribution in [2.24, 2.45) is 0 Å². The Kier molecular flexibility index (Phi) is 9.55. The molecule has 7 heteroatoms. The smallest absolute Gasteiger partial charge is 0.295 e. The number of ketones is 1. The lowest BCUT2D eigenvalue weighted by Crippen LogP contribution is -2.34. The van der Waals surface area contributed by atoms with E-state index in [0.29, 0.717) is 18.5 Å². The van der Waals surface area contributed by atoms with E-state index in [9.17, 15) is 23.5 Å². The summed E-state index contributed by atoms with van der Waals surface area (Å²) < 4.78 is 27.5. The van der Waals surface area contributed by atoms with Gasteiger partial charge in [0.15, 0.2) is 0 Å². The van der Waals surface area contributed by atoms with E-state index >= 15 is 0 Å². The van der Waals surface area contributed by atoms with Crippen LogP contribution >= 0.6 is 0 Å². The van der Waals surface area contributed by atoms with Crippen LogP contribution in [0.4, 0.5) is 8.78 Å². The maximum absolute atomic E-state index is 14.1. The largest absolute Gasteiger partial charge is 0.507 e. The zero-order valence-corrected chi connectivity index (χ0v) is 20.5. The number of carbonyl (C=O) groups excluding carboxylic acids is 2. The van der Waals surface area contributed by atoms with Crippen molar-refractivity contribution in [2.75, 3.05) is 26.2 Å². The Morgan fingerprint density at radius 2 is 1.54 bits per heavy atom. The van der Waals surface area contributed by atoms with E-state index in [1.54, 1.807) is 6.07 Å². The van der Waals surface area contributed by atoms with Crippen LogP contribution in [0, 0.1) is 11.6 Å². The van der Waals surface area contributed by atoms with Crippen molar-refractivity contribution in [3.8, 4) is 0 Å². The van der Waals surface area contributed by atoms with Crippen molar-refractivity contribution in [1.29, 1.82) is 0 Å². The van der Waals surface area contributed by atoms with E-state index in [1.807, 2.05) is 0 Å². The van der Waals surface area contributed by atoms with Crippen LogP contribution in [0.5, 0.6) is 0 Å². The van der Waals surface area contributed by atoms with Gasteiger partial charge in [0.1, 0.15) is 17.4 Å². The highest BCUT2D eigenvalue weighted by Crippen LogP contribution is 2.39. The Morgan fingerprint density at radius 1 is 0.914 bits per heavy atom. The highest BCUT2D eigenvalue weighted by Gasteiger charge is 2.45. The number of rotatable bonds is 12. The fourth-order valence-electron chi connectivity index (χ4n) is 4.46. The Bertz CT molecular complexity index is 1040. The lowest BCUT2D eigenvalue weighted by Gasteiger charge is -2.27. The Morgan fingerprint density at radius 3 is 2.14 bits per heavy atom. The molecule has 1 fully saturated rings. The molecule has 188 valence electrons. The lowest BCUT2D eigenvalue weighted by molar-refractivity contribution is -0.140. The molecule has 2 aromatic carbocycles. The van der Waals surface area contributed by atoms with Crippen molar-refractivity contribution < 1.29 is 23.5 Å². The van der Waals surface area contributed by atoms with E-state index in [2.05, 4.69) is 18.7 Å². The second kappa shape index (κ2) is 12.6. The molecule has 1 heterocycles. The molecular weight excluding hydrogens is 450 g/mol. The molecule has 0 saturated carbocycles. The predicted octanol–water partition coefficient (Wildman–Crippen LogP) is 5.68. The number of amides is 1. The fraction of sp³-hybridized carbons (Fsp3) is 0.429. The first-order valence-electron chi connectivity index (χ1n) is 12.4. The van der Waals surface area contributed by atoms with Gasteiger partial charge in [0.2, 0.25) is 0 Å². The molecule has 0 aliphatic carbocycles. The molecule has 0 spiro atoms. The molecule has 2 aromatic rings. The van der Waals surface area contributed by atoms with Crippen molar-refractivity contribution >= 4 is 17.4 Å². The lowest BCUT2D eigenvalue weighted by atomic mass is 9.95. The normalized spacial score (nSPS) is 17.5. The number of hydrogen-bond acceptors (Lipinski definition) is 4. The summed E-state index contributed by atoms with van der Waals surface area (Å²) in [5, 5.41) is 11.0. The van der Waals surface area contributed by atoms with Gasteiger partial charge in [-0.3, -0.25) is 9.59 Å². The van der Waals surface area contributed by atoms with E-state index in [1.165, 1.54) is 47.4 Å². The van der Waals surface area contributed by atoms with Gasteiger partial charge >= 0.3 is 0 Å². The molecule has 0 aromatic heterocycles. The second-order valence-corrected chi connectivity index (χ2v) is 8.96. The molecule has 0 radical (unpaired) electrons. The quantitative estimate of drug-likeness (QED) is 0.239. The fourth-order valence-corrected chi connectivity index (χ4v) is 4.46. The number of likely N-dealkylation sites (tertiary alicyclic amines) is 1. The minimum absolute atomic E-state index is 0.110. The number of unbranched alkanes of at least 4 members (excludes halogenated alkanes) is 2. The number of halogens is 2. The number of hydrogen-bond donors (Lipinski definition) is 1. The van der Waals surface area contributed by atoms with Gasteiger partial charge in [-0.1, -0.05) is 38.8 Å². The summed E-state index contributed by atoms with van der Waals surface area (Å²) in [7, 11) is 0. The van der Waals surface area contributed by atoms with Crippen LogP contribution in [0.15, 0.2) is 54.1 Å². The summed E-state index contributed by atoms with van der Waals surface area (Å²) in [5.74, 6) is -2.93. The minimum atomic E-state index is -0.921. The third kappa shape index (κ3) is 6.54. The number of carbonyl (C=O) groups is 2. The summed E-state index contributed by atoms with van der Waals surface area (Å²) in [6.45, 7) is 7.33. The van der Waals surface area contributed by atoms with Crippen molar-refractivity contribution in [3.05, 3.63) is 76.9 Å². The molecule has 1 atom stereocenters. The van der Waals surface area contributed by atoms with Crippen LogP contribution in [-0.4, -0.2) is 52.8 Å².